The third kappa shape index (κ3) is 7.01. The highest BCUT2D eigenvalue weighted by Gasteiger charge is 2.31. The van der Waals surface area contributed by atoms with Crippen molar-refractivity contribution in [2.45, 2.75) is 70.1 Å². The minimum atomic E-state index is -3.60. The Morgan fingerprint density at radius 1 is 1.00 bits per heavy atom. The number of hydrogen-bond acceptors (Lipinski definition) is 8. The number of methoxy groups -OCH3 is 1. The summed E-state index contributed by atoms with van der Waals surface area (Å²) in [4.78, 5) is 15.8. The third-order valence-corrected chi connectivity index (χ3v) is 9.53. The second-order valence-corrected chi connectivity index (χ2v) is 15.2. The number of carbonyl (C=O) groups excluding carboxylic acids is 1. The molecule has 2 amide bonds. The molecule has 1 aliphatic carbocycles. The molecule has 12 nitrogen and oxygen atoms in total. The van der Waals surface area contributed by atoms with Crippen LogP contribution in [0.1, 0.15) is 87.2 Å². The van der Waals surface area contributed by atoms with E-state index in [1.54, 1.807) is 6.07 Å². The van der Waals surface area contributed by atoms with E-state index >= 15 is 0 Å². The van der Waals surface area contributed by atoms with Gasteiger partial charge < -0.3 is 20.1 Å². The molecule has 0 spiro atoms. The maximum atomic E-state index is 13.5. The molecule has 1 fully saturated rings. The highest BCUT2D eigenvalue weighted by atomic mass is 32.2. The molecule has 4 aromatic rings. The van der Waals surface area contributed by atoms with Crippen LogP contribution in [0.25, 0.3) is 5.65 Å². The normalized spacial score (nSPS) is 20.1. The van der Waals surface area contributed by atoms with Crippen molar-refractivity contribution in [3.8, 4) is 11.5 Å². The lowest BCUT2D eigenvalue weighted by molar-refractivity contribution is 0.171. The number of nitrogens with one attached hydrogen (secondary N) is 3. The lowest BCUT2D eigenvalue weighted by Crippen LogP contribution is -2.35. The average Bonchev–Trinajstić information content (AvgIpc) is 3.62. The topological polar surface area (TPSA) is 139 Å². The van der Waals surface area contributed by atoms with E-state index in [2.05, 4.69) is 37.5 Å². The standard InChI is InChI=1S/C34H43N7O5S/c1-34(2,3)21-18-26(31(45-5)27(19-21)39-47(6,43)44)36-33(42)35-25-14-15-29(24-11-8-7-10-23(24)25)46-22-13-16-30-37-38-32(41(30)20-22)28-12-9-17-40(28)4/h7-8,10-11,13,16,18-20,25,28-29,39H,9,12,14-15,17H2,1-6H3,(H2,35,36,42)/t25-,28-,29+/m0/s1. The molecule has 6 rings (SSSR count). The molecule has 0 bridgehead atoms. The molecule has 0 saturated carbocycles. The van der Waals surface area contributed by atoms with Gasteiger partial charge in [0, 0.05) is 0 Å². The van der Waals surface area contributed by atoms with Crippen molar-refractivity contribution >= 4 is 33.1 Å². The van der Waals surface area contributed by atoms with E-state index in [1.807, 2.05) is 73.8 Å². The molecule has 1 saturated heterocycles. The van der Waals surface area contributed by atoms with Crippen molar-refractivity contribution in [3.05, 3.63) is 77.2 Å². The lowest BCUT2D eigenvalue weighted by atomic mass is 9.85. The van der Waals surface area contributed by atoms with Gasteiger partial charge in [0.1, 0.15) is 11.9 Å². The molecule has 3 N–H and O–H groups in total. The summed E-state index contributed by atoms with van der Waals surface area (Å²) in [5, 5.41) is 14.9. The first-order valence-electron chi connectivity index (χ1n) is 15.9. The summed E-state index contributed by atoms with van der Waals surface area (Å²) in [5.41, 5.74) is 3.90. The van der Waals surface area contributed by atoms with Gasteiger partial charge in [-0.1, -0.05) is 45.0 Å². The number of fused-ring (bicyclic) bond motifs is 2. The van der Waals surface area contributed by atoms with E-state index in [-0.39, 0.29) is 35.0 Å². The Hall–Kier alpha value is -4.36. The number of rotatable bonds is 8. The Bertz CT molecular complexity index is 1900. The van der Waals surface area contributed by atoms with Gasteiger partial charge >= 0.3 is 6.03 Å². The van der Waals surface area contributed by atoms with Gasteiger partial charge in [-0.15, -0.1) is 10.2 Å². The van der Waals surface area contributed by atoms with E-state index < -0.39 is 16.1 Å². The number of amides is 2. The molecule has 2 aromatic carbocycles. The number of pyridine rings is 1. The van der Waals surface area contributed by atoms with Crippen LogP contribution in [0, 0.1) is 0 Å². The summed E-state index contributed by atoms with van der Waals surface area (Å²) in [6.45, 7) is 7.08. The van der Waals surface area contributed by atoms with E-state index in [1.165, 1.54) is 7.11 Å². The van der Waals surface area contributed by atoms with Crippen molar-refractivity contribution in [1.82, 2.24) is 24.8 Å². The van der Waals surface area contributed by atoms with E-state index in [0.29, 0.717) is 18.5 Å². The van der Waals surface area contributed by atoms with Crippen LogP contribution in [0.2, 0.25) is 0 Å². The molecule has 0 radical (unpaired) electrons. The fraction of sp³-hybridized carbons (Fsp3) is 0.441. The number of urea groups is 1. The zero-order valence-electron chi connectivity index (χ0n) is 27.7. The van der Waals surface area contributed by atoms with Gasteiger partial charge in [-0.25, -0.2) is 13.2 Å². The van der Waals surface area contributed by atoms with Crippen molar-refractivity contribution in [2.24, 2.45) is 0 Å². The molecule has 1 aliphatic heterocycles. The summed E-state index contributed by atoms with van der Waals surface area (Å²) in [5.74, 6) is 1.88. The molecule has 13 heteroatoms. The zero-order valence-corrected chi connectivity index (χ0v) is 28.5. The number of anilines is 2. The SMILES string of the molecule is COc1c(NC(=O)N[C@H]2CC[C@@H](Oc3ccc4nnc([C@@H]5CCCN5C)n4c3)c3ccccc32)cc(C(C)(C)C)cc1NS(C)(=O)=O. The van der Waals surface area contributed by atoms with Gasteiger partial charge in [0.15, 0.2) is 17.2 Å². The predicted molar refractivity (Wildman–Crippen MR) is 182 cm³/mol. The Morgan fingerprint density at radius 2 is 1.74 bits per heavy atom. The van der Waals surface area contributed by atoms with Gasteiger partial charge in [0.25, 0.3) is 0 Å². The molecule has 2 aromatic heterocycles. The highest BCUT2D eigenvalue weighted by molar-refractivity contribution is 7.92. The van der Waals surface area contributed by atoms with Gasteiger partial charge in [0.05, 0.1) is 43.0 Å². The van der Waals surface area contributed by atoms with Gasteiger partial charge in [-0.3, -0.25) is 14.0 Å². The molecule has 2 aliphatic rings. The quantitative estimate of drug-likeness (QED) is 0.211. The van der Waals surface area contributed by atoms with E-state index in [9.17, 15) is 13.2 Å². The third-order valence-electron chi connectivity index (χ3n) is 8.94. The number of benzene rings is 2. The number of aromatic nitrogens is 3. The van der Waals surface area contributed by atoms with Crippen LogP contribution >= 0.6 is 0 Å². The Balaban J connectivity index is 1.21. The highest BCUT2D eigenvalue weighted by Crippen LogP contribution is 2.41. The molecule has 3 heterocycles. The lowest BCUT2D eigenvalue weighted by Gasteiger charge is -2.32. The van der Waals surface area contributed by atoms with Crippen molar-refractivity contribution in [2.75, 3.05) is 37.0 Å². The van der Waals surface area contributed by atoms with Gasteiger partial charge in [-0.05, 0) is 85.6 Å². The minimum absolute atomic E-state index is 0.202. The number of ether oxygens (including phenoxy) is 2. The molecule has 3 atom stereocenters. The summed E-state index contributed by atoms with van der Waals surface area (Å²) in [7, 11) is -0.0369. The first-order chi connectivity index (χ1) is 22.3. The summed E-state index contributed by atoms with van der Waals surface area (Å²) >= 11 is 0. The van der Waals surface area contributed by atoms with Gasteiger partial charge in [0.2, 0.25) is 10.0 Å². The number of hydrogen-bond donors (Lipinski definition) is 3. The number of nitrogens with zero attached hydrogens (tertiary/aromatic N) is 4. The first kappa shape index (κ1) is 32.6. The maximum Gasteiger partial charge on any atom is 0.319 e. The van der Waals surface area contributed by atoms with Crippen molar-refractivity contribution in [1.29, 1.82) is 0 Å². The van der Waals surface area contributed by atoms with Crippen LogP contribution in [0.5, 0.6) is 11.5 Å². The number of sulfonamides is 1. The molecular formula is C34H43N7O5S. The van der Waals surface area contributed by atoms with Crippen LogP contribution in [0.4, 0.5) is 16.2 Å². The molecular weight excluding hydrogens is 618 g/mol. The van der Waals surface area contributed by atoms with Gasteiger partial charge in [-0.2, -0.15) is 0 Å². The predicted octanol–water partition coefficient (Wildman–Crippen LogP) is 5.95. The molecule has 47 heavy (non-hydrogen) atoms. The second kappa shape index (κ2) is 12.7. The summed E-state index contributed by atoms with van der Waals surface area (Å²) < 4.78 is 41.0. The van der Waals surface area contributed by atoms with Crippen LogP contribution in [-0.4, -0.2) is 60.9 Å². The number of carbonyl (C=O) groups is 1. The Kier molecular flexibility index (Phi) is 8.79. The molecule has 250 valence electrons. The van der Waals surface area contributed by atoms with Crippen molar-refractivity contribution < 1.29 is 22.7 Å². The Labute approximate surface area is 275 Å². The average molecular weight is 662 g/mol. The minimum Gasteiger partial charge on any atom is -0.492 e. The summed E-state index contributed by atoms with van der Waals surface area (Å²) in [6, 6.07) is 14.9. The monoisotopic (exact) mass is 661 g/mol. The second-order valence-electron chi connectivity index (χ2n) is 13.5. The van der Waals surface area contributed by atoms with E-state index in [0.717, 1.165) is 59.6 Å². The molecule has 0 unspecified atom stereocenters. The van der Waals surface area contributed by atoms with Crippen LogP contribution in [-0.2, 0) is 15.4 Å². The van der Waals surface area contributed by atoms with Crippen LogP contribution in [0.15, 0.2) is 54.7 Å². The zero-order chi connectivity index (χ0) is 33.5. The maximum absolute atomic E-state index is 13.5. The number of likely N-dealkylation sites (tertiary alicyclic amines) is 1. The summed E-state index contributed by atoms with van der Waals surface area (Å²) in [6.07, 6.45) is 6.38. The van der Waals surface area contributed by atoms with Crippen LogP contribution in [0.3, 0.4) is 0 Å². The van der Waals surface area contributed by atoms with Crippen LogP contribution < -0.4 is 24.8 Å². The van der Waals surface area contributed by atoms with E-state index in [4.69, 9.17) is 9.47 Å². The largest absolute Gasteiger partial charge is 0.492 e. The Morgan fingerprint density at radius 3 is 2.43 bits per heavy atom. The fourth-order valence-electron chi connectivity index (χ4n) is 6.58. The first-order valence-corrected chi connectivity index (χ1v) is 17.8. The van der Waals surface area contributed by atoms with Crippen molar-refractivity contribution in [3.63, 3.8) is 0 Å². The fourth-order valence-corrected chi connectivity index (χ4v) is 7.13. The smallest absolute Gasteiger partial charge is 0.319 e.